The molecule has 1 unspecified atom stereocenters. The summed E-state index contributed by atoms with van der Waals surface area (Å²) in [6.45, 7) is 2.24. The molecule has 1 amide bonds. The van der Waals surface area contributed by atoms with Gasteiger partial charge in [-0.1, -0.05) is 12.5 Å². The lowest BCUT2D eigenvalue weighted by Crippen LogP contribution is -2.62. The molecule has 4 aliphatic rings. The maximum Gasteiger partial charge on any atom is 0.233 e. The summed E-state index contributed by atoms with van der Waals surface area (Å²) in [4.78, 5) is 17.0. The van der Waals surface area contributed by atoms with Crippen LogP contribution in [0.25, 0.3) is 0 Å². The number of hydrogen-bond donors (Lipinski definition) is 1. The third-order valence-electron chi connectivity index (χ3n) is 5.45. The number of carbonyl (C=O) groups is 1. The number of nitrogens with zero attached hydrogens (tertiary/aromatic N) is 2. The Morgan fingerprint density at radius 1 is 1.26 bits per heavy atom. The van der Waals surface area contributed by atoms with E-state index in [1.54, 1.807) is 4.90 Å². The number of amides is 1. The predicted octanol–water partition coefficient (Wildman–Crippen LogP) is 1.32. The Hall–Kier alpha value is -0.870. The molecule has 0 spiro atoms. The Morgan fingerprint density at radius 2 is 2.16 bits per heavy atom. The van der Waals surface area contributed by atoms with Crippen LogP contribution in [0.2, 0.25) is 0 Å². The van der Waals surface area contributed by atoms with E-state index >= 15 is 0 Å². The fourth-order valence-electron chi connectivity index (χ4n) is 4.60. The normalized spacial score (nSPS) is 42.5. The van der Waals surface area contributed by atoms with Crippen molar-refractivity contribution in [2.45, 2.75) is 50.8 Å². The van der Waals surface area contributed by atoms with Crippen molar-refractivity contribution in [2.75, 3.05) is 13.1 Å². The molecule has 4 heteroatoms. The molecule has 0 aromatic rings. The molecule has 4 atom stereocenters. The van der Waals surface area contributed by atoms with Gasteiger partial charge in [0.05, 0.1) is 5.92 Å². The maximum atomic E-state index is 12.7. The summed E-state index contributed by atoms with van der Waals surface area (Å²) in [5.41, 5.74) is 1.11. The second kappa shape index (κ2) is 4.32. The van der Waals surface area contributed by atoms with Crippen LogP contribution in [0.4, 0.5) is 0 Å². The summed E-state index contributed by atoms with van der Waals surface area (Å²) in [5.74, 6) is 0.780. The molecule has 4 rings (SSSR count). The van der Waals surface area contributed by atoms with Gasteiger partial charge < -0.3 is 5.11 Å². The highest BCUT2D eigenvalue weighted by Crippen LogP contribution is 2.44. The lowest BCUT2D eigenvalue weighted by Gasteiger charge is -2.54. The maximum absolute atomic E-state index is 12.7. The fourth-order valence-corrected chi connectivity index (χ4v) is 4.60. The molecule has 0 saturated carbocycles. The quantitative estimate of drug-likeness (QED) is 0.716. The van der Waals surface area contributed by atoms with Crippen molar-refractivity contribution in [1.29, 1.82) is 0 Å². The summed E-state index contributed by atoms with van der Waals surface area (Å²) < 4.78 is 0. The van der Waals surface area contributed by atoms with E-state index in [0.29, 0.717) is 18.4 Å². The third kappa shape index (κ3) is 1.69. The zero-order valence-corrected chi connectivity index (χ0v) is 11.3. The van der Waals surface area contributed by atoms with Crippen molar-refractivity contribution in [3.8, 4) is 0 Å². The average Bonchev–Trinajstić information content (AvgIpc) is 2.44. The molecule has 1 N–H and O–H groups in total. The van der Waals surface area contributed by atoms with E-state index in [2.05, 4.69) is 11.0 Å². The fraction of sp³-hybridized carbons (Fsp3) is 0.800. The highest BCUT2D eigenvalue weighted by atomic mass is 16.3. The number of allylic oxidation sites excluding steroid dienone is 1. The van der Waals surface area contributed by atoms with E-state index in [1.165, 1.54) is 12.8 Å². The number of fused-ring (bicyclic) bond motifs is 6. The first-order valence-electron chi connectivity index (χ1n) is 7.71. The Labute approximate surface area is 114 Å². The van der Waals surface area contributed by atoms with Crippen LogP contribution in [0.3, 0.4) is 0 Å². The van der Waals surface area contributed by atoms with Gasteiger partial charge >= 0.3 is 0 Å². The van der Waals surface area contributed by atoms with Crippen molar-refractivity contribution in [3.05, 3.63) is 11.8 Å². The number of piperidine rings is 3. The van der Waals surface area contributed by atoms with E-state index in [0.717, 1.165) is 38.0 Å². The van der Waals surface area contributed by atoms with Gasteiger partial charge in [-0.2, -0.15) is 0 Å². The minimum atomic E-state index is -0.576. The summed E-state index contributed by atoms with van der Waals surface area (Å²) in [6.07, 6.45) is 7.91. The largest absolute Gasteiger partial charge is 0.373 e. The van der Waals surface area contributed by atoms with E-state index in [-0.39, 0.29) is 11.8 Å². The highest BCUT2D eigenvalue weighted by Gasteiger charge is 2.50. The Balaban J connectivity index is 1.70. The first-order chi connectivity index (χ1) is 9.25. The van der Waals surface area contributed by atoms with Gasteiger partial charge in [-0.05, 0) is 38.6 Å². The predicted molar refractivity (Wildman–Crippen MR) is 71.0 cm³/mol. The smallest absolute Gasteiger partial charge is 0.233 e. The lowest BCUT2D eigenvalue weighted by molar-refractivity contribution is -0.157. The Bertz CT molecular complexity index is 434. The van der Waals surface area contributed by atoms with Crippen LogP contribution in [0.15, 0.2) is 11.8 Å². The molecule has 0 aliphatic carbocycles. The number of rotatable bonds is 0. The first kappa shape index (κ1) is 11.9. The SMILES string of the molecule is O=C1[C@@H]2C[C@@H](CN3CCCC[C@@H]23)C2=CCCC(O)N12. The number of aliphatic hydroxyl groups is 1. The highest BCUT2D eigenvalue weighted by molar-refractivity contribution is 5.83. The molecule has 4 nitrogen and oxygen atoms in total. The summed E-state index contributed by atoms with van der Waals surface area (Å²) in [6, 6.07) is 0.438. The molecular weight excluding hydrogens is 240 g/mol. The van der Waals surface area contributed by atoms with Crippen molar-refractivity contribution in [1.82, 2.24) is 9.80 Å². The summed E-state index contributed by atoms with van der Waals surface area (Å²) in [5, 5.41) is 10.2. The minimum Gasteiger partial charge on any atom is -0.373 e. The van der Waals surface area contributed by atoms with Crippen LogP contribution in [0.1, 0.15) is 38.5 Å². The van der Waals surface area contributed by atoms with Crippen LogP contribution in [-0.4, -0.2) is 46.2 Å². The Kier molecular flexibility index (Phi) is 2.71. The molecule has 3 saturated heterocycles. The van der Waals surface area contributed by atoms with E-state index in [9.17, 15) is 9.90 Å². The Morgan fingerprint density at radius 3 is 3.05 bits per heavy atom. The van der Waals surface area contributed by atoms with Crippen LogP contribution >= 0.6 is 0 Å². The third-order valence-corrected chi connectivity index (χ3v) is 5.45. The van der Waals surface area contributed by atoms with Crippen LogP contribution in [0.5, 0.6) is 0 Å². The van der Waals surface area contributed by atoms with E-state index < -0.39 is 6.23 Å². The van der Waals surface area contributed by atoms with Gasteiger partial charge in [-0.3, -0.25) is 14.6 Å². The zero-order valence-electron chi connectivity index (χ0n) is 11.3. The number of aliphatic hydroxyl groups excluding tert-OH is 1. The van der Waals surface area contributed by atoms with Gasteiger partial charge in [-0.25, -0.2) is 0 Å². The lowest BCUT2D eigenvalue weighted by atomic mass is 9.73. The van der Waals surface area contributed by atoms with Crippen LogP contribution in [-0.2, 0) is 4.79 Å². The molecule has 4 aliphatic heterocycles. The molecule has 3 fully saturated rings. The average molecular weight is 262 g/mol. The van der Waals surface area contributed by atoms with E-state index in [1.807, 2.05) is 0 Å². The number of hydrogen-bond acceptors (Lipinski definition) is 3. The van der Waals surface area contributed by atoms with Gasteiger partial charge in [0.1, 0.15) is 6.23 Å². The summed E-state index contributed by atoms with van der Waals surface area (Å²) in [7, 11) is 0. The second-order valence-electron chi connectivity index (χ2n) is 6.49. The topological polar surface area (TPSA) is 43.8 Å². The zero-order chi connectivity index (χ0) is 13.0. The van der Waals surface area contributed by atoms with Crippen molar-refractivity contribution < 1.29 is 9.90 Å². The van der Waals surface area contributed by atoms with E-state index in [4.69, 9.17) is 0 Å². The standard InChI is InChI=1S/C15H22N2O2/c18-14-6-3-5-12-10-8-11(15(19)17(12)14)13-4-1-2-7-16(13)9-10/h5,10-11,13-14,18H,1-4,6-9H2/t10-,11+,13-,14?/m0/s1. The van der Waals surface area contributed by atoms with Gasteiger partial charge in [-0.15, -0.1) is 0 Å². The van der Waals surface area contributed by atoms with Gasteiger partial charge in [0.2, 0.25) is 5.91 Å². The molecule has 104 valence electrons. The minimum absolute atomic E-state index is 0.129. The van der Waals surface area contributed by atoms with Gasteiger partial charge in [0.15, 0.2) is 0 Å². The van der Waals surface area contributed by atoms with Crippen molar-refractivity contribution >= 4 is 5.91 Å². The van der Waals surface area contributed by atoms with Crippen molar-refractivity contribution in [3.63, 3.8) is 0 Å². The van der Waals surface area contributed by atoms with Crippen LogP contribution < -0.4 is 0 Å². The molecule has 0 radical (unpaired) electrons. The van der Waals surface area contributed by atoms with Gasteiger partial charge in [0.25, 0.3) is 0 Å². The first-order valence-corrected chi connectivity index (χ1v) is 7.71. The monoisotopic (exact) mass is 262 g/mol. The van der Waals surface area contributed by atoms with Crippen molar-refractivity contribution in [2.24, 2.45) is 11.8 Å². The second-order valence-corrected chi connectivity index (χ2v) is 6.49. The summed E-state index contributed by atoms with van der Waals surface area (Å²) >= 11 is 0. The number of carbonyl (C=O) groups excluding carboxylic acids is 1. The molecule has 4 heterocycles. The molecule has 0 aromatic heterocycles. The molecule has 0 aromatic carbocycles. The molecular formula is C15H22N2O2. The van der Waals surface area contributed by atoms with Crippen LogP contribution in [0, 0.1) is 11.8 Å². The molecule has 19 heavy (non-hydrogen) atoms. The van der Waals surface area contributed by atoms with Gasteiger partial charge in [0, 0.05) is 24.2 Å². The molecule has 2 bridgehead atoms.